The minimum atomic E-state index is 0.828. The lowest BCUT2D eigenvalue weighted by Gasteiger charge is -2.08. The molecule has 0 aliphatic rings. The Kier molecular flexibility index (Phi) is 3.66. The molecule has 0 aliphatic carbocycles. The van der Waals surface area contributed by atoms with Gasteiger partial charge in [0.15, 0.2) is 0 Å². The molecule has 1 radical (unpaired) electrons. The first-order valence-electron chi connectivity index (χ1n) is 5.49. The Balaban J connectivity index is 2.24. The molecule has 0 saturated heterocycles. The van der Waals surface area contributed by atoms with E-state index in [1.165, 1.54) is 5.56 Å². The summed E-state index contributed by atoms with van der Waals surface area (Å²) in [4.78, 5) is 0. The minimum absolute atomic E-state index is 0.828. The van der Waals surface area contributed by atoms with Crippen molar-refractivity contribution in [2.24, 2.45) is 0 Å². The van der Waals surface area contributed by atoms with Gasteiger partial charge in [0.25, 0.3) is 0 Å². The van der Waals surface area contributed by atoms with E-state index in [4.69, 9.17) is 9.47 Å². The average molecular weight is 227 g/mol. The Bertz CT molecular complexity index is 492. The highest BCUT2D eigenvalue weighted by molar-refractivity contribution is 5.39. The molecule has 0 atom stereocenters. The van der Waals surface area contributed by atoms with E-state index < -0.39 is 0 Å². The molecule has 0 amide bonds. The first-order valence-corrected chi connectivity index (χ1v) is 5.49. The molecule has 2 aromatic rings. The highest BCUT2D eigenvalue weighted by atomic mass is 16.5. The van der Waals surface area contributed by atoms with Crippen LogP contribution >= 0.6 is 0 Å². The Hall–Kier alpha value is -1.96. The van der Waals surface area contributed by atoms with E-state index in [1.807, 2.05) is 36.4 Å². The molecule has 2 aromatic carbocycles. The summed E-state index contributed by atoms with van der Waals surface area (Å²) in [6, 6.07) is 16.9. The van der Waals surface area contributed by atoms with Gasteiger partial charge in [0.05, 0.1) is 14.2 Å². The van der Waals surface area contributed by atoms with E-state index in [1.54, 1.807) is 14.2 Å². The van der Waals surface area contributed by atoms with Gasteiger partial charge in [-0.2, -0.15) is 0 Å². The largest absolute Gasteiger partial charge is 0.497 e. The summed E-state index contributed by atoms with van der Waals surface area (Å²) in [6.45, 7) is 0. The predicted octanol–water partition coefficient (Wildman–Crippen LogP) is 3.09. The highest BCUT2D eigenvalue weighted by Crippen LogP contribution is 2.22. The summed E-state index contributed by atoms with van der Waals surface area (Å²) in [5.41, 5.74) is 2.35. The molecule has 0 N–H and O–H groups in total. The van der Waals surface area contributed by atoms with Crippen LogP contribution in [0.1, 0.15) is 11.1 Å². The molecular formula is C15H15O2. The topological polar surface area (TPSA) is 18.5 Å². The maximum Gasteiger partial charge on any atom is 0.123 e. The number of rotatable bonds is 4. The van der Waals surface area contributed by atoms with Gasteiger partial charge in [-0.3, -0.25) is 0 Å². The second kappa shape index (κ2) is 5.39. The summed E-state index contributed by atoms with van der Waals surface area (Å²) in [7, 11) is 3.36. The summed E-state index contributed by atoms with van der Waals surface area (Å²) < 4.78 is 10.5. The van der Waals surface area contributed by atoms with Crippen molar-refractivity contribution in [1.82, 2.24) is 0 Å². The lowest BCUT2D eigenvalue weighted by molar-refractivity contribution is 0.409. The van der Waals surface area contributed by atoms with Crippen LogP contribution in [0.3, 0.4) is 0 Å². The molecule has 2 rings (SSSR count). The monoisotopic (exact) mass is 227 g/mol. The molecule has 0 aliphatic heterocycles. The molecule has 17 heavy (non-hydrogen) atoms. The molecular weight excluding hydrogens is 212 g/mol. The van der Waals surface area contributed by atoms with E-state index in [-0.39, 0.29) is 0 Å². The minimum Gasteiger partial charge on any atom is -0.497 e. The fourth-order valence-electron chi connectivity index (χ4n) is 1.79. The smallest absolute Gasteiger partial charge is 0.123 e. The van der Waals surface area contributed by atoms with Gasteiger partial charge < -0.3 is 9.47 Å². The number of hydrogen-bond acceptors (Lipinski definition) is 2. The van der Waals surface area contributed by atoms with Crippen molar-refractivity contribution in [2.75, 3.05) is 14.2 Å². The van der Waals surface area contributed by atoms with Gasteiger partial charge in [0.2, 0.25) is 0 Å². The second-order valence-electron chi connectivity index (χ2n) is 3.77. The summed E-state index contributed by atoms with van der Waals surface area (Å²) in [5, 5.41) is 0. The van der Waals surface area contributed by atoms with Crippen molar-refractivity contribution < 1.29 is 9.47 Å². The molecule has 2 heteroatoms. The molecule has 0 spiro atoms. The Labute approximate surface area is 102 Å². The van der Waals surface area contributed by atoms with Gasteiger partial charge in [-0.25, -0.2) is 0 Å². The average Bonchev–Trinajstić information content (AvgIpc) is 2.39. The molecule has 0 aromatic heterocycles. The van der Waals surface area contributed by atoms with Crippen molar-refractivity contribution in [3.63, 3.8) is 0 Å². The molecule has 87 valence electrons. The molecule has 0 saturated carbocycles. The second-order valence-corrected chi connectivity index (χ2v) is 3.77. The van der Waals surface area contributed by atoms with Crippen molar-refractivity contribution >= 4 is 0 Å². The van der Waals surface area contributed by atoms with E-state index in [2.05, 4.69) is 12.1 Å². The van der Waals surface area contributed by atoms with E-state index in [9.17, 15) is 0 Å². The lowest BCUT2D eigenvalue weighted by atomic mass is 10.0. The van der Waals surface area contributed by atoms with Crippen LogP contribution in [0.15, 0.2) is 42.5 Å². The van der Waals surface area contributed by atoms with Crippen LogP contribution in [0.25, 0.3) is 0 Å². The summed E-state index contributed by atoms with van der Waals surface area (Å²) in [6.07, 6.45) is 0.828. The molecule has 2 nitrogen and oxygen atoms in total. The number of hydrogen-bond donors (Lipinski definition) is 0. The van der Waals surface area contributed by atoms with Gasteiger partial charge >= 0.3 is 0 Å². The molecule has 0 bridgehead atoms. The van der Waals surface area contributed by atoms with Crippen LogP contribution in [-0.2, 0) is 6.42 Å². The standard InChI is InChI=1S/C15H15O2/c1-16-14-8-5-6-12(11-14)10-13-7-3-4-9-15(13)17-2/h3,5-9,11H,10H2,1-2H3. The Morgan fingerprint density at radius 3 is 2.76 bits per heavy atom. The van der Waals surface area contributed by atoms with Crippen molar-refractivity contribution in [1.29, 1.82) is 0 Å². The quantitative estimate of drug-likeness (QED) is 0.799. The van der Waals surface area contributed by atoms with Gasteiger partial charge in [0.1, 0.15) is 11.5 Å². The normalized spacial score (nSPS) is 10.0. The van der Waals surface area contributed by atoms with Crippen LogP contribution in [0.5, 0.6) is 11.5 Å². The zero-order valence-electron chi connectivity index (χ0n) is 10.1. The van der Waals surface area contributed by atoms with E-state index >= 15 is 0 Å². The third-order valence-corrected chi connectivity index (χ3v) is 2.66. The first kappa shape index (κ1) is 11.5. The van der Waals surface area contributed by atoms with Crippen LogP contribution in [0.4, 0.5) is 0 Å². The highest BCUT2D eigenvalue weighted by Gasteiger charge is 2.03. The van der Waals surface area contributed by atoms with Crippen LogP contribution < -0.4 is 9.47 Å². The maximum atomic E-state index is 5.31. The third kappa shape index (κ3) is 2.78. The third-order valence-electron chi connectivity index (χ3n) is 2.66. The SMILES string of the molecule is COc1cccc(Cc2cc[c]cc2OC)c1. The molecule has 0 heterocycles. The Morgan fingerprint density at radius 2 is 2.00 bits per heavy atom. The maximum absolute atomic E-state index is 5.31. The summed E-state index contributed by atoms with van der Waals surface area (Å²) in [5.74, 6) is 1.75. The van der Waals surface area contributed by atoms with Crippen LogP contribution in [0.2, 0.25) is 0 Å². The first-order chi connectivity index (χ1) is 8.33. The van der Waals surface area contributed by atoms with Gasteiger partial charge in [-0.1, -0.05) is 24.3 Å². The number of ether oxygens (including phenoxy) is 2. The Morgan fingerprint density at radius 1 is 1.12 bits per heavy atom. The summed E-state index contributed by atoms with van der Waals surface area (Å²) >= 11 is 0. The van der Waals surface area contributed by atoms with E-state index in [0.717, 1.165) is 23.5 Å². The van der Waals surface area contributed by atoms with Crippen molar-refractivity contribution in [3.05, 3.63) is 59.7 Å². The molecule has 0 fully saturated rings. The zero-order chi connectivity index (χ0) is 12.1. The van der Waals surface area contributed by atoms with Gasteiger partial charge in [-0.05, 0) is 35.4 Å². The lowest BCUT2D eigenvalue weighted by Crippen LogP contribution is -1.94. The van der Waals surface area contributed by atoms with Crippen LogP contribution in [0, 0.1) is 6.07 Å². The van der Waals surface area contributed by atoms with Crippen molar-refractivity contribution in [3.8, 4) is 11.5 Å². The fraction of sp³-hybridized carbons (Fsp3) is 0.200. The predicted molar refractivity (Wildman–Crippen MR) is 67.6 cm³/mol. The van der Waals surface area contributed by atoms with E-state index in [0.29, 0.717) is 0 Å². The van der Waals surface area contributed by atoms with Crippen molar-refractivity contribution in [2.45, 2.75) is 6.42 Å². The zero-order valence-corrected chi connectivity index (χ0v) is 10.1. The fourth-order valence-corrected chi connectivity index (χ4v) is 1.79. The number of methoxy groups -OCH3 is 2. The van der Waals surface area contributed by atoms with Gasteiger partial charge in [-0.15, -0.1) is 0 Å². The number of benzene rings is 2. The van der Waals surface area contributed by atoms with Gasteiger partial charge in [0, 0.05) is 6.42 Å². The van der Waals surface area contributed by atoms with Crippen LogP contribution in [-0.4, -0.2) is 14.2 Å². The molecule has 0 unspecified atom stereocenters.